The average molecular weight is 688 g/mol. The largest absolute Gasteiger partial charge is 0.310 e. The first-order valence-corrected chi connectivity index (χ1v) is 19.0. The number of para-hydroxylation sites is 1. The molecule has 3 nitrogen and oxygen atoms in total. The van der Waals surface area contributed by atoms with Crippen LogP contribution in [0.25, 0.3) is 76.7 Å². The second-order valence-electron chi connectivity index (χ2n) is 13.3. The monoisotopic (exact) mass is 687 g/mol. The number of hydrogen-bond acceptors (Lipinski definition) is 4. The molecule has 0 radical (unpaired) electrons. The van der Waals surface area contributed by atoms with Gasteiger partial charge in [-0.1, -0.05) is 121 Å². The Morgan fingerprint density at radius 1 is 0.588 bits per heavy atom. The fourth-order valence-electron chi connectivity index (χ4n) is 8.09. The molecular formula is C46H29N3S2. The van der Waals surface area contributed by atoms with Crippen LogP contribution < -0.4 is 0 Å². The maximum atomic E-state index is 5.33. The third kappa shape index (κ3) is 4.52. The Balaban J connectivity index is 1.20. The highest BCUT2D eigenvalue weighted by Gasteiger charge is 2.38. The first kappa shape index (κ1) is 29.0. The van der Waals surface area contributed by atoms with E-state index in [-0.39, 0.29) is 0 Å². The van der Waals surface area contributed by atoms with Gasteiger partial charge in [-0.3, -0.25) is 0 Å². The smallest absolute Gasteiger partial charge is 0.161 e. The van der Waals surface area contributed by atoms with Gasteiger partial charge in [-0.25, -0.2) is 9.97 Å². The SMILES string of the molecule is C1=CC2c3ccccc3SC2c2c1n(-c1cc(-c3nc(-c4ccccc4)cc(-c4ccccc4)n3)c3sc4ccccc4c3c1)c1ccccc21. The molecule has 0 bridgehead atoms. The molecule has 4 heterocycles. The molecule has 2 unspecified atom stereocenters. The summed E-state index contributed by atoms with van der Waals surface area (Å²) in [6, 6.07) is 54.4. The topological polar surface area (TPSA) is 30.7 Å². The van der Waals surface area contributed by atoms with E-state index in [1.807, 2.05) is 23.1 Å². The van der Waals surface area contributed by atoms with Crippen molar-refractivity contribution < 1.29 is 0 Å². The molecule has 0 saturated carbocycles. The molecule has 2 aliphatic rings. The summed E-state index contributed by atoms with van der Waals surface area (Å²) in [5, 5.41) is 4.13. The molecule has 6 aromatic carbocycles. The highest BCUT2D eigenvalue weighted by Crippen LogP contribution is 2.59. The van der Waals surface area contributed by atoms with E-state index in [2.05, 4.69) is 168 Å². The number of hydrogen-bond donors (Lipinski definition) is 0. The lowest BCUT2D eigenvalue weighted by molar-refractivity contribution is 0.817. The molecule has 0 saturated heterocycles. The van der Waals surface area contributed by atoms with Crippen LogP contribution in [0.1, 0.15) is 28.0 Å². The molecule has 51 heavy (non-hydrogen) atoms. The minimum atomic E-state index is 0.332. The lowest BCUT2D eigenvalue weighted by Crippen LogP contribution is -2.08. The Kier molecular flexibility index (Phi) is 6.48. The predicted octanol–water partition coefficient (Wildman–Crippen LogP) is 12.7. The number of fused-ring (bicyclic) bond motifs is 10. The van der Waals surface area contributed by atoms with Crippen molar-refractivity contribution in [3.63, 3.8) is 0 Å². The molecule has 0 spiro atoms. The molecule has 240 valence electrons. The summed E-state index contributed by atoms with van der Waals surface area (Å²) in [6.07, 6.45) is 4.80. The maximum absolute atomic E-state index is 5.33. The molecular weight excluding hydrogens is 659 g/mol. The Bertz CT molecular complexity index is 2790. The summed E-state index contributed by atoms with van der Waals surface area (Å²) in [5.74, 6) is 1.10. The van der Waals surface area contributed by atoms with Crippen molar-refractivity contribution in [2.45, 2.75) is 16.1 Å². The summed E-state index contributed by atoms with van der Waals surface area (Å²) in [4.78, 5) is 12.0. The zero-order valence-electron chi connectivity index (χ0n) is 27.4. The second-order valence-corrected chi connectivity index (χ2v) is 15.5. The summed E-state index contributed by atoms with van der Waals surface area (Å²) in [5.41, 5.74) is 11.5. The zero-order valence-corrected chi connectivity index (χ0v) is 29.0. The van der Waals surface area contributed by atoms with Gasteiger partial charge in [0.2, 0.25) is 0 Å². The van der Waals surface area contributed by atoms with Crippen LogP contribution in [0.15, 0.2) is 163 Å². The number of allylic oxidation sites excluding steroid dienone is 1. The third-order valence-electron chi connectivity index (χ3n) is 10.4. The summed E-state index contributed by atoms with van der Waals surface area (Å²) in [6.45, 7) is 0. The van der Waals surface area contributed by atoms with E-state index in [4.69, 9.17) is 9.97 Å². The van der Waals surface area contributed by atoms with Crippen LogP contribution in [-0.2, 0) is 0 Å². The Labute approximate surface area is 303 Å². The standard InChI is InChI=1S/C46H29N3S2/c1-3-13-28(14-4-1)37-27-38(29-15-5-2-6-16-29)48-46(47-37)36-26-30(25-35-32-18-9-12-22-42(32)50-44(35)36)49-39-20-10-7-19-34(39)43-40(49)24-23-33-31-17-8-11-21-41(31)51-45(33)43/h1-27,33,45H. The van der Waals surface area contributed by atoms with Crippen LogP contribution in [-0.4, -0.2) is 14.5 Å². The van der Waals surface area contributed by atoms with E-state index in [1.54, 1.807) is 0 Å². The number of thioether (sulfide) groups is 1. The number of benzene rings is 6. The van der Waals surface area contributed by atoms with Crippen molar-refractivity contribution in [2.24, 2.45) is 0 Å². The van der Waals surface area contributed by atoms with Crippen LogP contribution in [0.4, 0.5) is 0 Å². The quantitative estimate of drug-likeness (QED) is 0.184. The van der Waals surface area contributed by atoms with Gasteiger partial charge in [-0.05, 0) is 53.6 Å². The number of thiophene rings is 1. The van der Waals surface area contributed by atoms with Crippen molar-refractivity contribution in [3.8, 4) is 39.6 Å². The van der Waals surface area contributed by atoms with Gasteiger partial charge < -0.3 is 4.57 Å². The van der Waals surface area contributed by atoms with Gasteiger partial charge in [0.15, 0.2) is 5.82 Å². The van der Waals surface area contributed by atoms with E-state index >= 15 is 0 Å². The van der Waals surface area contributed by atoms with Gasteiger partial charge in [-0.15, -0.1) is 23.1 Å². The van der Waals surface area contributed by atoms with Gasteiger partial charge in [0.25, 0.3) is 0 Å². The maximum Gasteiger partial charge on any atom is 0.161 e. The fourth-order valence-corrected chi connectivity index (χ4v) is 10.8. The minimum absolute atomic E-state index is 0.332. The number of nitrogens with zero attached hydrogens (tertiary/aromatic N) is 3. The molecule has 2 atom stereocenters. The fraction of sp³-hybridized carbons (Fsp3) is 0.0435. The van der Waals surface area contributed by atoms with Crippen LogP contribution in [0.3, 0.4) is 0 Å². The normalized spacial score (nSPS) is 16.1. The predicted molar refractivity (Wildman–Crippen MR) is 215 cm³/mol. The lowest BCUT2D eigenvalue weighted by atomic mass is 9.86. The van der Waals surface area contributed by atoms with Crippen LogP contribution in [0, 0.1) is 0 Å². The Morgan fingerprint density at radius 3 is 2.04 bits per heavy atom. The summed E-state index contributed by atoms with van der Waals surface area (Å²) in [7, 11) is 0. The van der Waals surface area contributed by atoms with Crippen molar-refractivity contribution in [2.75, 3.05) is 0 Å². The molecule has 11 rings (SSSR count). The first-order valence-electron chi connectivity index (χ1n) is 17.3. The molecule has 0 amide bonds. The molecule has 9 aromatic rings. The van der Waals surface area contributed by atoms with E-state index in [0.29, 0.717) is 11.2 Å². The van der Waals surface area contributed by atoms with Crippen molar-refractivity contribution in [1.29, 1.82) is 0 Å². The van der Waals surface area contributed by atoms with Crippen LogP contribution in [0.2, 0.25) is 0 Å². The van der Waals surface area contributed by atoms with Gasteiger partial charge in [0, 0.05) is 64.0 Å². The Morgan fingerprint density at radius 2 is 1.25 bits per heavy atom. The highest BCUT2D eigenvalue weighted by atomic mass is 32.2. The number of aromatic nitrogens is 3. The molecule has 5 heteroatoms. The molecule has 0 fully saturated rings. The van der Waals surface area contributed by atoms with Gasteiger partial charge in [-0.2, -0.15) is 0 Å². The van der Waals surface area contributed by atoms with Gasteiger partial charge >= 0.3 is 0 Å². The van der Waals surface area contributed by atoms with Gasteiger partial charge in [0.05, 0.1) is 22.6 Å². The van der Waals surface area contributed by atoms with Crippen molar-refractivity contribution in [1.82, 2.24) is 14.5 Å². The third-order valence-corrected chi connectivity index (χ3v) is 13.0. The van der Waals surface area contributed by atoms with Gasteiger partial charge in [0.1, 0.15) is 0 Å². The van der Waals surface area contributed by atoms with E-state index in [9.17, 15) is 0 Å². The summed E-state index contributed by atoms with van der Waals surface area (Å²) < 4.78 is 4.94. The van der Waals surface area contributed by atoms with Crippen LogP contribution >= 0.6 is 23.1 Å². The van der Waals surface area contributed by atoms with E-state index in [1.165, 1.54) is 52.8 Å². The van der Waals surface area contributed by atoms with Crippen molar-refractivity contribution in [3.05, 3.63) is 175 Å². The lowest BCUT2D eigenvalue weighted by Gasteiger charge is -2.22. The van der Waals surface area contributed by atoms with Crippen molar-refractivity contribution >= 4 is 60.2 Å². The summed E-state index contributed by atoms with van der Waals surface area (Å²) >= 11 is 3.83. The molecule has 1 aliphatic heterocycles. The van der Waals surface area contributed by atoms with E-state index in [0.717, 1.165) is 39.6 Å². The number of rotatable bonds is 4. The minimum Gasteiger partial charge on any atom is -0.310 e. The molecule has 3 aromatic heterocycles. The second kappa shape index (κ2) is 11.4. The first-order chi connectivity index (χ1) is 25.3. The Hall–Kier alpha value is -5.75. The molecule has 0 N–H and O–H groups in total. The van der Waals surface area contributed by atoms with Crippen LogP contribution in [0.5, 0.6) is 0 Å². The molecule has 1 aliphatic carbocycles. The average Bonchev–Trinajstić information content (AvgIpc) is 3.87. The zero-order chi connectivity index (χ0) is 33.5. The van der Waals surface area contributed by atoms with E-state index < -0.39 is 0 Å². The highest BCUT2D eigenvalue weighted by molar-refractivity contribution is 8.00.